The van der Waals surface area contributed by atoms with Gasteiger partial charge in [-0.15, -0.1) is 0 Å². The summed E-state index contributed by atoms with van der Waals surface area (Å²) >= 11 is 0. The minimum atomic E-state index is 0.000998. The fourth-order valence-corrected chi connectivity index (χ4v) is 3.65. The summed E-state index contributed by atoms with van der Waals surface area (Å²) in [5.74, 6) is 0.240. The molecule has 0 saturated carbocycles. The van der Waals surface area contributed by atoms with Gasteiger partial charge in [0, 0.05) is 32.2 Å². The Balaban J connectivity index is 1.59. The summed E-state index contributed by atoms with van der Waals surface area (Å²) in [7, 11) is 0. The van der Waals surface area contributed by atoms with Crippen molar-refractivity contribution in [3.8, 4) is 0 Å². The molecule has 2 unspecified atom stereocenters. The van der Waals surface area contributed by atoms with Crippen molar-refractivity contribution >= 4 is 6.03 Å². The third-order valence-electron chi connectivity index (χ3n) is 5.04. The number of hydrogen-bond acceptors (Lipinski definition) is 3. The summed E-state index contributed by atoms with van der Waals surface area (Å²) in [6, 6.07) is 10.7. The Bertz CT molecular complexity index is 502. The van der Waals surface area contributed by atoms with Gasteiger partial charge in [0.25, 0.3) is 0 Å². The lowest BCUT2D eigenvalue weighted by Crippen LogP contribution is -2.43. The number of aliphatic hydroxyl groups is 1. The van der Waals surface area contributed by atoms with E-state index >= 15 is 0 Å². The van der Waals surface area contributed by atoms with Gasteiger partial charge in [0.15, 0.2) is 0 Å². The van der Waals surface area contributed by atoms with Crippen molar-refractivity contribution in [2.24, 2.45) is 5.92 Å². The van der Waals surface area contributed by atoms with Crippen LogP contribution in [0.5, 0.6) is 0 Å². The SMILES string of the molecule is O=C(NCC(c1ccccc1)N1CCCC1)N1CCC(CO)C1. The van der Waals surface area contributed by atoms with Gasteiger partial charge in [-0.05, 0) is 37.9 Å². The Hall–Kier alpha value is -1.59. The molecule has 0 radical (unpaired) electrons. The summed E-state index contributed by atoms with van der Waals surface area (Å²) < 4.78 is 0. The molecule has 2 atom stereocenters. The van der Waals surface area contributed by atoms with E-state index in [1.165, 1.54) is 18.4 Å². The predicted octanol–water partition coefficient (Wildman–Crippen LogP) is 1.85. The normalized spacial score (nSPS) is 23.2. The van der Waals surface area contributed by atoms with Crippen LogP contribution in [0, 0.1) is 5.92 Å². The maximum atomic E-state index is 12.4. The average molecular weight is 317 g/mol. The molecule has 23 heavy (non-hydrogen) atoms. The molecule has 2 saturated heterocycles. The third-order valence-corrected chi connectivity index (χ3v) is 5.04. The van der Waals surface area contributed by atoms with Gasteiger partial charge in [-0.1, -0.05) is 30.3 Å². The maximum Gasteiger partial charge on any atom is 0.317 e. The second kappa shape index (κ2) is 7.79. The van der Waals surface area contributed by atoms with E-state index in [0.29, 0.717) is 13.1 Å². The van der Waals surface area contributed by atoms with Gasteiger partial charge in [-0.3, -0.25) is 4.90 Å². The highest BCUT2D eigenvalue weighted by Gasteiger charge is 2.28. The van der Waals surface area contributed by atoms with Gasteiger partial charge in [-0.25, -0.2) is 4.79 Å². The molecule has 5 heteroatoms. The zero-order chi connectivity index (χ0) is 16.1. The molecule has 126 valence electrons. The molecule has 2 N–H and O–H groups in total. The molecule has 0 aliphatic carbocycles. The quantitative estimate of drug-likeness (QED) is 0.871. The molecular weight excluding hydrogens is 290 g/mol. The molecule has 1 aromatic carbocycles. The Kier molecular flexibility index (Phi) is 5.51. The van der Waals surface area contributed by atoms with Gasteiger partial charge < -0.3 is 15.3 Å². The van der Waals surface area contributed by atoms with Crippen LogP contribution in [0.2, 0.25) is 0 Å². The summed E-state index contributed by atoms with van der Waals surface area (Å²) in [5, 5.41) is 12.3. The zero-order valence-corrected chi connectivity index (χ0v) is 13.7. The minimum absolute atomic E-state index is 0.000998. The number of hydrogen-bond donors (Lipinski definition) is 2. The van der Waals surface area contributed by atoms with E-state index in [9.17, 15) is 9.90 Å². The number of rotatable bonds is 5. The van der Waals surface area contributed by atoms with Gasteiger partial charge in [0.2, 0.25) is 0 Å². The van der Waals surface area contributed by atoms with E-state index in [1.807, 2.05) is 11.0 Å². The smallest absolute Gasteiger partial charge is 0.317 e. The highest BCUT2D eigenvalue weighted by atomic mass is 16.3. The number of amides is 2. The highest BCUT2D eigenvalue weighted by Crippen LogP contribution is 2.24. The van der Waals surface area contributed by atoms with Gasteiger partial charge >= 0.3 is 6.03 Å². The Labute approximate surface area is 138 Å². The van der Waals surface area contributed by atoms with Crippen LogP contribution in [-0.2, 0) is 0 Å². The maximum absolute atomic E-state index is 12.4. The molecule has 0 aromatic heterocycles. The van der Waals surface area contributed by atoms with Crippen molar-refractivity contribution in [2.75, 3.05) is 39.3 Å². The largest absolute Gasteiger partial charge is 0.396 e. The monoisotopic (exact) mass is 317 g/mol. The summed E-state index contributed by atoms with van der Waals surface area (Å²) in [5.41, 5.74) is 1.27. The number of nitrogens with zero attached hydrogens (tertiary/aromatic N) is 2. The number of carbonyl (C=O) groups is 1. The van der Waals surface area contributed by atoms with E-state index in [1.54, 1.807) is 0 Å². The molecule has 0 bridgehead atoms. The first kappa shape index (κ1) is 16.3. The number of aliphatic hydroxyl groups excluding tert-OH is 1. The van der Waals surface area contributed by atoms with Crippen LogP contribution in [0.4, 0.5) is 4.79 Å². The Morgan fingerprint density at radius 1 is 1.22 bits per heavy atom. The van der Waals surface area contributed by atoms with Gasteiger partial charge in [0.05, 0.1) is 6.04 Å². The number of likely N-dealkylation sites (tertiary alicyclic amines) is 2. The number of urea groups is 1. The fourth-order valence-electron chi connectivity index (χ4n) is 3.65. The Morgan fingerprint density at radius 3 is 2.61 bits per heavy atom. The number of carbonyl (C=O) groups excluding carboxylic acids is 1. The van der Waals surface area contributed by atoms with Gasteiger partial charge in [0.1, 0.15) is 0 Å². The average Bonchev–Trinajstić information content (AvgIpc) is 3.27. The molecule has 2 heterocycles. The van der Waals surface area contributed by atoms with Crippen LogP contribution in [0.25, 0.3) is 0 Å². The van der Waals surface area contributed by atoms with Gasteiger partial charge in [-0.2, -0.15) is 0 Å². The molecule has 2 aliphatic heterocycles. The first-order chi connectivity index (χ1) is 11.3. The van der Waals surface area contributed by atoms with Crippen LogP contribution in [0.15, 0.2) is 30.3 Å². The van der Waals surface area contributed by atoms with Crippen LogP contribution >= 0.6 is 0 Å². The molecule has 2 amide bonds. The van der Waals surface area contributed by atoms with Crippen LogP contribution in [0.1, 0.15) is 30.9 Å². The molecule has 2 aliphatic rings. The molecule has 5 nitrogen and oxygen atoms in total. The van der Waals surface area contributed by atoms with Crippen molar-refractivity contribution in [3.05, 3.63) is 35.9 Å². The predicted molar refractivity (Wildman–Crippen MR) is 90.2 cm³/mol. The lowest BCUT2D eigenvalue weighted by atomic mass is 10.1. The van der Waals surface area contributed by atoms with E-state index in [-0.39, 0.29) is 24.6 Å². The van der Waals surface area contributed by atoms with Crippen molar-refractivity contribution in [1.82, 2.24) is 15.1 Å². The second-order valence-corrected chi connectivity index (χ2v) is 6.64. The summed E-state index contributed by atoms with van der Waals surface area (Å²) in [6.45, 7) is 4.43. The van der Waals surface area contributed by atoms with E-state index in [0.717, 1.165) is 26.1 Å². The topological polar surface area (TPSA) is 55.8 Å². The van der Waals surface area contributed by atoms with E-state index in [2.05, 4.69) is 34.5 Å². The fraction of sp³-hybridized carbons (Fsp3) is 0.611. The standard InChI is InChI=1S/C18H27N3O2/c22-14-15-8-11-21(13-15)18(23)19-12-17(20-9-4-5-10-20)16-6-2-1-3-7-16/h1-3,6-7,15,17,22H,4-5,8-14H2,(H,19,23). The lowest BCUT2D eigenvalue weighted by Gasteiger charge is -2.29. The molecule has 3 rings (SSSR count). The first-order valence-corrected chi connectivity index (χ1v) is 8.70. The first-order valence-electron chi connectivity index (χ1n) is 8.70. The third kappa shape index (κ3) is 4.03. The van der Waals surface area contributed by atoms with Crippen molar-refractivity contribution in [2.45, 2.75) is 25.3 Å². The minimum Gasteiger partial charge on any atom is -0.396 e. The Morgan fingerprint density at radius 2 is 1.96 bits per heavy atom. The highest BCUT2D eigenvalue weighted by molar-refractivity contribution is 5.74. The summed E-state index contributed by atoms with van der Waals surface area (Å²) in [4.78, 5) is 16.7. The second-order valence-electron chi connectivity index (χ2n) is 6.64. The molecule has 0 spiro atoms. The molecular formula is C18H27N3O2. The summed E-state index contributed by atoms with van der Waals surface area (Å²) in [6.07, 6.45) is 3.38. The molecule has 1 aromatic rings. The van der Waals surface area contributed by atoms with E-state index < -0.39 is 0 Å². The number of benzene rings is 1. The van der Waals surface area contributed by atoms with Crippen molar-refractivity contribution < 1.29 is 9.90 Å². The number of nitrogens with one attached hydrogen (secondary N) is 1. The van der Waals surface area contributed by atoms with Crippen molar-refractivity contribution in [1.29, 1.82) is 0 Å². The van der Waals surface area contributed by atoms with Crippen LogP contribution < -0.4 is 5.32 Å². The van der Waals surface area contributed by atoms with Crippen LogP contribution in [0.3, 0.4) is 0 Å². The zero-order valence-electron chi connectivity index (χ0n) is 13.7. The molecule has 2 fully saturated rings. The van der Waals surface area contributed by atoms with Crippen LogP contribution in [-0.4, -0.2) is 60.3 Å². The van der Waals surface area contributed by atoms with E-state index in [4.69, 9.17) is 0 Å². The van der Waals surface area contributed by atoms with Crippen molar-refractivity contribution in [3.63, 3.8) is 0 Å². The lowest BCUT2D eigenvalue weighted by molar-refractivity contribution is 0.189.